The Morgan fingerprint density at radius 3 is 2.18 bits per heavy atom. The van der Waals surface area contributed by atoms with Gasteiger partial charge in [-0.15, -0.1) is 0 Å². The van der Waals surface area contributed by atoms with Crippen LogP contribution in [0.1, 0.15) is 132 Å². The van der Waals surface area contributed by atoms with Crippen LogP contribution in [-0.2, 0) is 37.0 Å². The van der Waals surface area contributed by atoms with Gasteiger partial charge in [0.25, 0.3) is 0 Å². The first-order valence-electron chi connectivity index (χ1n) is 18.9. The fourth-order valence-corrected chi connectivity index (χ4v) is 7.88. The number of fused-ring (bicyclic) bond motifs is 1. The molecule has 2 aliphatic heterocycles. The number of unbranched alkanes of at least 4 members (excludes halogenated alkanes) is 2. The minimum absolute atomic E-state index is 0.0198. The van der Waals surface area contributed by atoms with Crippen LogP contribution in [0.25, 0.3) is 0 Å². The third-order valence-corrected chi connectivity index (χ3v) is 10.5. The number of hydrogen-bond donors (Lipinski definition) is 5. The minimum Gasteiger partial charge on any atom is -0.392 e. The van der Waals surface area contributed by atoms with Gasteiger partial charge in [-0.05, 0) is 81.9 Å². The number of aliphatic hydroxyl groups excluding tert-OH is 1. The molecule has 2 heterocycles. The number of hydroxylamine groups is 1. The van der Waals surface area contributed by atoms with Crippen LogP contribution in [0.15, 0.2) is 48.5 Å². The summed E-state index contributed by atoms with van der Waals surface area (Å²) in [5, 5.41) is 24.5. The second-order valence-corrected chi connectivity index (χ2v) is 15.6. The second-order valence-electron chi connectivity index (χ2n) is 15.6. The molecule has 0 aromatic heterocycles. The van der Waals surface area contributed by atoms with Crippen molar-refractivity contribution in [2.45, 2.75) is 147 Å². The molecule has 5 N–H and O–H groups in total. The van der Waals surface area contributed by atoms with Crippen molar-refractivity contribution in [1.82, 2.24) is 21.0 Å². The summed E-state index contributed by atoms with van der Waals surface area (Å²) in [7, 11) is 0. The summed E-state index contributed by atoms with van der Waals surface area (Å²) >= 11 is 0. The molecule has 1 aliphatic carbocycles. The maximum atomic E-state index is 13.7. The molecule has 2 aromatic rings. The highest BCUT2D eigenvalue weighted by Crippen LogP contribution is 2.42. The molecule has 2 aromatic carbocycles. The number of amides is 3. The molecule has 2 saturated heterocycles. The Labute approximate surface area is 302 Å². The predicted octanol–water partition coefficient (Wildman–Crippen LogP) is 5.73. The fourth-order valence-electron chi connectivity index (χ4n) is 7.88. The van der Waals surface area contributed by atoms with E-state index in [9.17, 15) is 19.5 Å². The molecular formula is C40H58N4O7. The highest BCUT2D eigenvalue weighted by Gasteiger charge is 2.44. The molecule has 11 heteroatoms. The Morgan fingerprint density at radius 2 is 1.49 bits per heavy atom. The Kier molecular flexibility index (Phi) is 14.0. The zero-order chi connectivity index (χ0) is 36.4. The molecule has 51 heavy (non-hydrogen) atoms. The molecule has 3 aliphatic rings. The van der Waals surface area contributed by atoms with E-state index in [0.29, 0.717) is 50.7 Å². The lowest BCUT2D eigenvalue weighted by Crippen LogP contribution is -2.61. The standard InChI is InChI=1S/C40H58N4O7/c1-40(2,3)42-38(48)34-22-21-29-9-7-8-10-33(29)44(34)25-32-23-35(30-17-15-28(26-45)16-18-30)51-39(50-32)31-19-13-27(14-20-31)24-41-36(46)11-5-4-6-12-37(47)43-49/h13-20,29,32-35,39,45,49H,4-12,21-26H2,1-3H3,(H,41,46)(H,42,48)(H,43,47). The highest BCUT2D eigenvalue weighted by atomic mass is 16.7. The van der Waals surface area contributed by atoms with Crippen molar-refractivity contribution < 1.29 is 34.2 Å². The van der Waals surface area contributed by atoms with E-state index in [-0.39, 0.29) is 48.6 Å². The number of carbonyl (C=O) groups is 3. The molecule has 6 atom stereocenters. The lowest BCUT2D eigenvalue weighted by atomic mass is 9.75. The largest absolute Gasteiger partial charge is 0.392 e. The van der Waals surface area contributed by atoms with E-state index in [0.717, 1.165) is 47.9 Å². The summed E-state index contributed by atoms with van der Waals surface area (Å²) < 4.78 is 13.4. The van der Waals surface area contributed by atoms with Crippen LogP contribution in [0.4, 0.5) is 0 Å². The van der Waals surface area contributed by atoms with E-state index in [1.807, 2.05) is 69.3 Å². The summed E-state index contributed by atoms with van der Waals surface area (Å²) in [5.41, 5.74) is 5.03. The van der Waals surface area contributed by atoms with Gasteiger partial charge in [0.05, 0.1) is 24.9 Å². The van der Waals surface area contributed by atoms with Crippen LogP contribution in [0.2, 0.25) is 0 Å². The van der Waals surface area contributed by atoms with Crippen molar-refractivity contribution in [2.75, 3.05) is 6.54 Å². The number of hydrogen-bond acceptors (Lipinski definition) is 8. The van der Waals surface area contributed by atoms with Gasteiger partial charge in [-0.1, -0.05) is 67.8 Å². The van der Waals surface area contributed by atoms with E-state index < -0.39 is 12.2 Å². The Bertz CT molecular complexity index is 1430. The highest BCUT2D eigenvalue weighted by molar-refractivity contribution is 5.82. The van der Waals surface area contributed by atoms with Crippen molar-refractivity contribution in [3.8, 4) is 0 Å². The summed E-state index contributed by atoms with van der Waals surface area (Å²) in [6.07, 6.45) is 8.95. The number of piperidine rings is 1. The molecule has 0 spiro atoms. The molecule has 6 unspecified atom stereocenters. The van der Waals surface area contributed by atoms with Gasteiger partial charge < -0.3 is 25.2 Å². The van der Waals surface area contributed by atoms with Gasteiger partial charge in [0.15, 0.2) is 6.29 Å². The van der Waals surface area contributed by atoms with E-state index >= 15 is 0 Å². The third-order valence-electron chi connectivity index (χ3n) is 10.5. The van der Waals surface area contributed by atoms with Crippen LogP contribution in [0.5, 0.6) is 0 Å². The number of nitrogens with zero attached hydrogens (tertiary/aromatic N) is 1. The maximum absolute atomic E-state index is 13.7. The van der Waals surface area contributed by atoms with Gasteiger partial charge in [0, 0.05) is 49.5 Å². The molecule has 1 saturated carbocycles. The van der Waals surface area contributed by atoms with E-state index in [4.69, 9.17) is 14.7 Å². The third kappa shape index (κ3) is 11.3. The minimum atomic E-state index is -0.614. The average molecular weight is 707 g/mol. The van der Waals surface area contributed by atoms with Crippen molar-refractivity contribution in [1.29, 1.82) is 0 Å². The smallest absolute Gasteiger partial charge is 0.243 e. The van der Waals surface area contributed by atoms with Gasteiger partial charge in [0.1, 0.15) is 0 Å². The zero-order valence-corrected chi connectivity index (χ0v) is 30.6. The zero-order valence-electron chi connectivity index (χ0n) is 30.6. The van der Waals surface area contributed by atoms with E-state index in [1.165, 1.54) is 19.3 Å². The average Bonchev–Trinajstić information content (AvgIpc) is 3.13. The molecule has 11 nitrogen and oxygen atoms in total. The first-order chi connectivity index (χ1) is 24.5. The molecule has 3 amide bonds. The number of carbonyl (C=O) groups excluding carboxylic acids is 3. The van der Waals surface area contributed by atoms with Crippen LogP contribution in [0, 0.1) is 5.92 Å². The first kappa shape index (κ1) is 38.9. The Balaban J connectivity index is 1.27. The van der Waals surface area contributed by atoms with Crippen molar-refractivity contribution in [3.63, 3.8) is 0 Å². The molecule has 3 fully saturated rings. The summed E-state index contributed by atoms with van der Waals surface area (Å²) in [6.45, 7) is 7.13. The van der Waals surface area contributed by atoms with Gasteiger partial charge in [-0.3, -0.25) is 24.5 Å². The van der Waals surface area contributed by atoms with Gasteiger partial charge in [-0.25, -0.2) is 5.48 Å². The summed E-state index contributed by atoms with van der Waals surface area (Å²) in [4.78, 5) is 39.7. The number of likely N-dealkylation sites (tertiary alicyclic amines) is 1. The lowest BCUT2D eigenvalue weighted by Gasteiger charge is -2.50. The van der Waals surface area contributed by atoms with Gasteiger partial charge in [-0.2, -0.15) is 0 Å². The maximum Gasteiger partial charge on any atom is 0.243 e. The van der Waals surface area contributed by atoms with Gasteiger partial charge in [0.2, 0.25) is 17.7 Å². The van der Waals surface area contributed by atoms with Crippen molar-refractivity contribution in [3.05, 3.63) is 70.8 Å². The molecular weight excluding hydrogens is 648 g/mol. The van der Waals surface area contributed by atoms with Crippen LogP contribution in [0.3, 0.4) is 0 Å². The quantitative estimate of drug-likeness (QED) is 0.0950. The topological polar surface area (TPSA) is 149 Å². The molecule has 0 radical (unpaired) electrons. The fraction of sp³-hybridized carbons (Fsp3) is 0.625. The number of aliphatic hydroxyl groups is 1. The SMILES string of the molecule is CC(C)(C)NC(=O)C1CCC2CCCCC2N1CC1CC(c2ccc(CO)cc2)OC(c2ccc(CNC(=O)CCCCCC(=O)NO)cc2)O1. The summed E-state index contributed by atoms with van der Waals surface area (Å²) in [6, 6.07) is 16.0. The predicted molar refractivity (Wildman–Crippen MR) is 193 cm³/mol. The lowest BCUT2D eigenvalue weighted by molar-refractivity contribution is -0.255. The second kappa shape index (κ2) is 18.4. The normalized spacial score (nSPS) is 25.4. The molecule has 0 bridgehead atoms. The van der Waals surface area contributed by atoms with Crippen molar-refractivity contribution in [2.24, 2.45) is 5.92 Å². The van der Waals surface area contributed by atoms with Crippen LogP contribution >= 0.6 is 0 Å². The Hall–Kier alpha value is -3.35. The van der Waals surface area contributed by atoms with E-state index in [1.54, 1.807) is 5.48 Å². The van der Waals surface area contributed by atoms with Crippen molar-refractivity contribution >= 4 is 17.7 Å². The Morgan fingerprint density at radius 1 is 0.824 bits per heavy atom. The van der Waals surface area contributed by atoms with Gasteiger partial charge >= 0.3 is 0 Å². The molecule has 280 valence electrons. The number of ether oxygens (including phenoxy) is 2. The van der Waals surface area contributed by atoms with Crippen LogP contribution in [-0.4, -0.2) is 63.2 Å². The monoisotopic (exact) mass is 706 g/mol. The summed E-state index contributed by atoms with van der Waals surface area (Å²) in [5.74, 6) is 0.238. The number of nitrogens with one attached hydrogen (secondary N) is 3. The van der Waals surface area contributed by atoms with Crippen LogP contribution < -0.4 is 16.1 Å². The van der Waals surface area contributed by atoms with E-state index in [2.05, 4.69) is 15.5 Å². The molecule has 5 rings (SSSR count). The number of benzene rings is 2. The number of rotatable bonds is 14. The first-order valence-corrected chi connectivity index (χ1v) is 18.9.